The van der Waals surface area contributed by atoms with Gasteiger partial charge in [-0.05, 0) is 51.7 Å². The Kier molecular flexibility index (Phi) is 6.09. The molecule has 0 saturated carbocycles. The van der Waals surface area contributed by atoms with E-state index in [1.165, 1.54) is 5.56 Å². The zero-order valence-electron chi connectivity index (χ0n) is 13.5. The van der Waals surface area contributed by atoms with Gasteiger partial charge in [0.05, 0.1) is 0 Å². The van der Waals surface area contributed by atoms with Crippen molar-refractivity contribution in [2.45, 2.75) is 19.9 Å². The molecule has 0 saturated heterocycles. The molecule has 0 bridgehead atoms. The van der Waals surface area contributed by atoms with Crippen molar-refractivity contribution < 1.29 is 0 Å². The third-order valence-electron chi connectivity index (χ3n) is 3.15. The van der Waals surface area contributed by atoms with Gasteiger partial charge in [-0.25, -0.2) is 9.97 Å². The lowest BCUT2D eigenvalue weighted by Gasteiger charge is -2.12. The number of hydrogen-bond donors (Lipinski definition) is 2. The summed E-state index contributed by atoms with van der Waals surface area (Å²) in [5, 5.41) is 6.68. The van der Waals surface area contributed by atoms with Gasteiger partial charge in [0.2, 0.25) is 0 Å². The quantitative estimate of drug-likeness (QED) is 0.728. The second-order valence-corrected chi connectivity index (χ2v) is 5.48. The molecular weight excluding hydrogens is 276 g/mol. The van der Waals surface area contributed by atoms with Crippen molar-refractivity contribution in [3.05, 3.63) is 42.0 Å². The highest BCUT2D eigenvalue weighted by Crippen LogP contribution is 2.12. The van der Waals surface area contributed by atoms with Crippen LogP contribution in [0.25, 0.3) is 0 Å². The maximum atomic E-state index is 4.42. The van der Waals surface area contributed by atoms with Crippen LogP contribution in [-0.2, 0) is 6.54 Å². The van der Waals surface area contributed by atoms with Crippen LogP contribution in [0.5, 0.6) is 0 Å². The SMILES string of the molecule is Cc1nc(NCCCN(C)C)cc(NCc2ccncc2)n1. The summed E-state index contributed by atoms with van der Waals surface area (Å²) < 4.78 is 0. The Morgan fingerprint density at radius 2 is 1.73 bits per heavy atom. The minimum Gasteiger partial charge on any atom is -0.370 e. The molecule has 2 aromatic rings. The van der Waals surface area contributed by atoms with Crippen molar-refractivity contribution >= 4 is 11.6 Å². The Morgan fingerprint density at radius 1 is 1.05 bits per heavy atom. The van der Waals surface area contributed by atoms with Crippen molar-refractivity contribution in [3.8, 4) is 0 Å². The molecule has 6 heteroatoms. The zero-order valence-corrected chi connectivity index (χ0v) is 13.5. The minimum absolute atomic E-state index is 0.721. The fourth-order valence-electron chi connectivity index (χ4n) is 2.05. The molecule has 0 atom stereocenters. The van der Waals surface area contributed by atoms with E-state index < -0.39 is 0 Å². The van der Waals surface area contributed by atoms with Crippen molar-refractivity contribution in [1.29, 1.82) is 0 Å². The first-order valence-corrected chi connectivity index (χ1v) is 7.50. The molecule has 2 heterocycles. The zero-order chi connectivity index (χ0) is 15.8. The second-order valence-electron chi connectivity index (χ2n) is 5.48. The molecule has 118 valence electrons. The molecule has 0 amide bonds. The Morgan fingerprint density at radius 3 is 2.41 bits per heavy atom. The van der Waals surface area contributed by atoms with E-state index in [0.29, 0.717) is 0 Å². The molecule has 2 aromatic heterocycles. The summed E-state index contributed by atoms with van der Waals surface area (Å²) in [4.78, 5) is 15.0. The predicted molar refractivity (Wildman–Crippen MR) is 90.0 cm³/mol. The summed E-state index contributed by atoms with van der Waals surface area (Å²) in [5.41, 5.74) is 1.17. The highest BCUT2D eigenvalue weighted by atomic mass is 15.1. The van der Waals surface area contributed by atoms with Gasteiger partial charge in [-0.1, -0.05) is 0 Å². The normalized spacial score (nSPS) is 10.7. The van der Waals surface area contributed by atoms with Gasteiger partial charge >= 0.3 is 0 Å². The number of aromatic nitrogens is 3. The molecule has 0 aromatic carbocycles. The van der Waals surface area contributed by atoms with Crippen LogP contribution in [-0.4, -0.2) is 47.0 Å². The van der Waals surface area contributed by atoms with Crippen LogP contribution >= 0.6 is 0 Å². The van der Waals surface area contributed by atoms with Crippen LogP contribution in [0.3, 0.4) is 0 Å². The van der Waals surface area contributed by atoms with Crippen molar-refractivity contribution in [2.24, 2.45) is 0 Å². The third-order valence-corrected chi connectivity index (χ3v) is 3.15. The van der Waals surface area contributed by atoms with E-state index >= 15 is 0 Å². The molecule has 0 radical (unpaired) electrons. The molecule has 2 N–H and O–H groups in total. The van der Waals surface area contributed by atoms with E-state index in [4.69, 9.17) is 0 Å². The van der Waals surface area contributed by atoms with Crippen LogP contribution in [0.2, 0.25) is 0 Å². The largest absolute Gasteiger partial charge is 0.370 e. The number of aryl methyl sites for hydroxylation is 1. The highest BCUT2D eigenvalue weighted by Gasteiger charge is 2.02. The van der Waals surface area contributed by atoms with Gasteiger partial charge in [-0.15, -0.1) is 0 Å². The first-order valence-electron chi connectivity index (χ1n) is 7.50. The second kappa shape index (κ2) is 8.29. The van der Waals surface area contributed by atoms with Gasteiger partial charge in [0.15, 0.2) is 0 Å². The van der Waals surface area contributed by atoms with Crippen molar-refractivity contribution in [2.75, 3.05) is 37.8 Å². The summed E-state index contributed by atoms with van der Waals surface area (Å²) in [5.74, 6) is 2.46. The summed E-state index contributed by atoms with van der Waals surface area (Å²) in [7, 11) is 4.16. The number of nitrogens with one attached hydrogen (secondary N) is 2. The number of anilines is 2. The van der Waals surface area contributed by atoms with Crippen molar-refractivity contribution in [3.63, 3.8) is 0 Å². The maximum Gasteiger partial charge on any atom is 0.132 e. The number of rotatable bonds is 8. The van der Waals surface area contributed by atoms with Crippen LogP contribution in [0.4, 0.5) is 11.6 Å². The molecular formula is C16H24N6. The molecule has 0 aliphatic heterocycles. The fraction of sp³-hybridized carbons (Fsp3) is 0.438. The topological polar surface area (TPSA) is 66.0 Å². The Balaban J connectivity index is 1.89. The van der Waals surface area contributed by atoms with Crippen molar-refractivity contribution in [1.82, 2.24) is 19.9 Å². The van der Waals surface area contributed by atoms with E-state index in [1.807, 2.05) is 25.1 Å². The Bertz CT molecular complexity index is 570. The number of pyridine rings is 1. The van der Waals surface area contributed by atoms with Gasteiger partial charge in [0.1, 0.15) is 17.5 Å². The van der Waals surface area contributed by atoms with Gasteiger partial charge < -0.3 is 15.5 Å². The van der Waals surface area contributed by atoms with Crippen LogP contribution in [0, 0.1) is 6.92 Å². The monoisotopic (exact) mass is 300 g/mol. The van der Waals surface area contributed by atoms with E-state index in [9.17, 15) is 0 Å². The summed E-state index contributed by atoms with van der Waals surface area (Å²) >= 11 is 0. The number of nitrogens with zero attached hydrogens (tertiary/aromatic N) is 4. The van der Waals surface area contributed by atoms with Crippen LogP contribution in [0.1, 0.15) is 17.8 Å². The first-order chi connectivity index (χ1) is 10.6. The molecule has 2 rings (SSSR count). The molecule has 0 aliphatic carbocycles. The van der Waals surface area contributed by atoms with Gasteiger partial charge in [-0.3, -0.25) is 4.98 Å². The maximum absolute atomic E-state index is 4.42. The predicted octanol–water partition coefficient (Wildman–Crippen LogP) is 2.16. The molecule has 0 fully saturated rings. The lowest BCUT2D eigenvalue weighted by Crippen LogP contribution is -2.17. The lowest BCUT2D eigenvalue weighted by atomic mass is 10.3. The van der Waals surface area contributed by atoms with Gasteiger partial charge in [-0.2, -0.15) is 0 Å². The van der Waals surface area contributed by atoms with E-state index in [2.05, 4.69) is 44.6 Å². The molecule has 0 aliphatic rings. The Hall–Kier alpha value is -2.21. The summed E-state index contributed by atoms with van der Waals surface area (Å²) in [6.07, 6.45) is 4.66. The highest BCUT2D eigenvalue weighted by molar-refractivity contribution is 5.47. The van der Waals surface area contributed by atoms with Gasteiger partial charge in [0.25, 0.3) is 0 Å². The smallest absolute Gasteiger partial charge is 0.132 e. The lowest BCUT2D eigenvalue weighted by molar-refractivity contribution is 0.405. The fourth-order valence-corrected chi connectivity index (χ4v) is 2.05. The van der Waals surface area contributed by atoms with Crippen LogP contribution in [0.15, 0.2) is 30.6 Å². The molecule has 0 unspecified atom stereocenters. The van der Waals surface area contributed by atoms with E-state index in [0.717, 1.165) is 43.5 Å². The minimum atomic E-state index is 0.721. The molecule has 0 spiro atoms. The average Bonchev–Trinajstić information content (AvgIpc) is 2.50. The third kappa shape index (κ3) is 5.65. The Labute approximate surface area is 132 Å². The van der Waals surface area contributed by atoms with Gasteiger partial charge in [0, 0.05) is 31.5 Å². The first kappa shape index (κ1) is 16.2. The van der Waals surface area contributed by atoms with E-state index in [-0.39, 0.29) is 0 Å². The summed E-state index contributed by atoms with van der Waals surface area (Å²) in [6, 6.07) is 5.92. The average molecular weight is 300 g/mol. The molecule has 6 nitrogen and oxygen atoms in total. The summed E-state index contributed by atoms with van der Waals surface area (Å²) in [6.45, 7) is 4.59. The van der Waals surface area contributed by atoms with E-state index in [1.54, 1.807) is 12.4 Å². The standard InChI is InChI=1S/C16H24N6/c1-13-20-15(18-7-4-10-22(2)3)11-16(21-13)19-12-14-5-8-17-9-6-14/h5-6,8-9,11H,4,7,10,12H2,1-3H3,(H2,18,19,20,21). The number of hydrogen-bond acceptors (Lipinski definition) is 6. The van der Waals surface area contributed by atoms with Crippen LogP contribution < -0.4 is 10.6 Å². The molecule has 22 heavy (non-hydrogen) atoms.